The number of nitrogens with one attached hydrogen (secondary N) is 2. The summed E-state index contributed by atoms with van der Waals surface area (Å²) in [7, 11) is 1.60. The molecule has 3 aliphatic heterocycles. The molecule has 3 saturated heterocycles. The van der Waals surface area contributed by atoms with Crippen LogP contribution in [0.4, 0.5) is 4.39 Å². The summed E-state index contributed by atoms with van der Waals surface area (Å²) < 4.78 is 32.7. The van der Waals surface area contributed by atoms with Gasteiger partial charge in [0.2, 0.25) is 23.5 Å². The van der Waals surface area contributed by atoms with Crippen molar-refractivity contribution < 1.29 is 33.3 Å². The van der Waals surface area contributed by atoms with E-state index in [1.807, 2.05) is 42.5 Å². The van der Waals surface area contributed by atoms with Gasteiger partial charge in [-0.1, -0.05) is 65.7 Å². The molecule has 5 aliphatic rings. The number of amides is 1. The van der Waals surface area contributed by atoms with Gasteiger partial charge in [0.15, 0.2) is 0 Å². The van der Waals surface area contributed by atoms with E-state index in [4.69, 9.17) is 47.4 Å². The van der Waals surface area contributed by atoms with Crippen LogP contribution in [0.2, 0.25) is 10.0 Å². The van der Waals surface area contributed by atoms with E-state index in [2.05, 4.69) is 26.6 Å². The predicted molar refractivity (Wildman–Crippen MR) is 232 cm³/mol. The lowest BCUT2D eigenvalue weighted by atomic mass is 9.67. The van der Waals surface area contributed by atoms with Crippen molar-refractivity contribution in [1.29, 1.82) is 0 Å². The average molecular weight is 882 g/mol. The molecule has 4 fully saturated rings. The molecule has 322 valence electrons. The van der Waals surface area contributed by atoms with Gasteiger partial charge in [0.25, 0.3) is 0 Å². The topological polar surface area (TPSA) is 148 Å². The average Bonchev–Trinajstić information content (AvgIpc) is 3.90. The minimum absolute atomic E-state index is 0.00970. The van der Waals surface area contributed by atoms with Gasteiger partial charge >= 0.3 is 5.97 Å². The lowest BCUT2D eigenvalue weighted by molar-refractivity contribution is -0.160. The van der Waals surface area contributed by atoms with Gasteiger partial charge in [-0.25, -0.2) is 9.37 Å². The number of fused-ring (bicyclic) bond motifs is 4. The molecule has 12 nitrogen and oxygen atoms in total. The molecule has 62 heavy (non-hydrogen) atoms. The number of rotatable bonds is 15. The van der Waals surface area contributed by atoms with Gasteiger partial charge in [0, 0.05) is 78.7 Å². The number of methoxy groups -OCH3 is 1. The molecule has 1 saturated carbocycles. The lowest BCUT2D eigenvalue weighted by Gasteiger charge is -2.50. The monoisotopic (exact) mass is 880 g/mol. The van der Waals surface area contributed by atoms with Crippen molar-refractivity contribution in [1.82, 2.24) is 30.5 Å². The maximum atomic E-state index is 14.1. The van der Waals surface area contributed by atoms with Gasteiger partial charge in [-0.2, -0.15) is 4.98 Å². The lowest BCUT2D eigenvalue weighted by Crippen LogP contribution is -2.56. The first-order valence-electron chi connectivity index (χ1n) is 21.1. The van der Waals surface area contributed by atoms with E-state index in [1.165, 1.54) is 12.3 Å². The summed E-state index contributed by atoms with van der Waals surface area (Å²) in [5, 5.41) is 17.4. The number of carboxylic acid groups (broad SMARTS) is 1. The highest BCUT2D eigenvalue weighted by Crippen LogP contribution is 2.47. The van der Waals surface area contributed by atoms with Gasteiger partial charge in [0.1, 0.15) is 23.6 Å². The number of piperidine rings is 2. The number of carbonyl (C=O) groups excluding carboxylic acids is 1. The van der Waals surface area contributed by atoms with Crippen LogP contribution in [-0.4, -0.2) is 69.1 Å². The molecule has 1 amide bonds. The summed E-state index contributed by atoms with van der Waals surface area (Å²) in [4.78, 5) is 39.8. The minimum atomic E-state index is -0.769. The Hall–Kier alpha value is -5.34. The summed E-state index contributed by atoms with van der Waals surface area (Å²) in [6.45, 7) is 2.04. The number of benzene rings is 2. The fourth-order valence-electron chi connectivity index (χ4n) is 9.59. The maximum Gasteiger partial charge on any atom is 0.310 e. The van der Waals surface area contributed by atoms with Crippen molar-refractivity contribution in [2.45, 2.75) is 89.3 Å². The smallest absolute Gasteiger partial charge is 0.310 e. The van der Waals surface area contributed by atoms with Crippen LogP contribution < -0.4 is 24.8 Å². The number of aromatic nitrogens is 3. The molecular weight excluding hydrogens is 834 g/mol. The number of hydrogen-bond acceptors (Lipinski definition) is 10. The van der Waals surface area contributed by atoms with Gasteiger partial charge in [-0.15, -0.1) is 0 Å². The van der Waals surface area contributed by atoms with Crippen LogP contribution in [0, 0.1) is 11.2 Å². The molecular formula is C47H47Cl2FN6O6. The third-order valence-electron chi connectivity index (χ3n) is 12.8. The van der Waals surface area contributed by atoms with Crippen LogP contribution in [-0.2, 0) is 35.7 Å². The molecule has 3 N–H and O–H groups in total. The number of hydrogen-bond donors (Lipinski definition) is 3. The Morgan fingerprint density at radius 2 is 1.76 bits per heavy atom. The second-order valence-electron chi connectivity index (χ2n) is 16.7. The zero-order valence-electron chi connectivity index (χ0n) is 34.3. The predicted octanol–water partition coefficient (Wildman–Crippen LogP) is 8.50. The summed E-state index contributed by atoms with van der Waals surface area (Å²) in [5.74, 6) is -0.158. The van der Waals surface area contributed by atoms with Crippen molar-refractivity contribution >= 4 is 35.1 Å². The molecule has 2 aliphatic carbocycles. The standard InChI is InChI=1S/C47H47Cl2FN6O6/c1-60-43-28(21-52-23-31-9-13-41(57)53-31)8-11-39(54-43)37-7-3-6-36(42(37)49)33-4-2-5-35-34(33)10-12-40(35)62-45-38(48)19-29(44(55-45)61-25-27-18-30(50)22-51-20-27)24-56-26-47(46(58)59)16-14-32(56)15-17-47/h2-8,11,18-20,22,31-32,40,52H,9-10,12-17,21,23-26H2,1H3,(H,53,57)(H,58,59)/t31-,32?,40-,47?/m0/s1. The van der Waals surface area contributed by atoms with Crippen molar-refractivity contribution in [2.75, 3.05) is 20.2 Å². The van der Waals surface area contributed by atoms with E-state index in [0.29, 0.717) is 84.6 Å². The van der Waals surface area contributed by atoms with E-state index in [-0.39, 0.29) is 42.5 Å². The second kappa shape index (κ2) is 17.8. The molecule has 0 radical (unpaired) electrons. The molecule has 2 atom stereocenters. The molecule has 6 heterocycles. The van der Waals surface area contributed by atoms with Crippen molar-refractivity contribution in [2.24, 2.45) is 5.41 Å². The van der Waals surface area contributed by atoms with Crippen LogP contribution in [0.25, 0.3) is 22.4 Å². The number of pyridine rings is 3. The van der Waals surface area contributed by atoms with Crippen LogP contribution in [0.1, 0.15) is 78.9 Å². The Balaban J connectivity index is 0.955. The summed E-state index contributed by atoms with van der Waals surface area (Å²) >= 11 is 14.2. The van der Waals surface area contributed by atoms with E-state index in [9.17, 15) is 19.1 Å². The van der Waals surface area contributed by atoms with E-state index in [0.717, 1.165) is 65.3 Å². The zero-order valence-corrected chi connectivity index (χ0v) is 35.8. The molecule has 10 rings (SSSR count). The Morgan fingerprint density at radius 3 is 2.53 bits per heavy atom. The Kier molecular flexibility index (Phi) is 12.1. The zero-order chi connectivity index (χ0) is 43.0. The number of carbonyl (C=O) groups is 2. The molecule has 0 spiro atoms. The molecule has 5 aromatic rings. The highest BCUT2D eigenvalue weighted by Gasteiger charge is 2.49. The van der Waals surface area contributed by atoms with E-state index < -0.39 is 17.2 Å². The number of nitrogens with zero attached hydrogens (tertiary/aromatic N) is 4. The molecule has 2 bridgehead atoms. The first kappa shape index (κ1) is 42.0. The Bertz CT molecular complexity index is 2520. The van der Waals surface area contributed by atoms with Crippen LogP contribution in [0.15, 0.2) is 73.1 Å². The van der Waals surface area contributed by atoms with Gasteiger partial charge < -0.3 is 30.0 Å². The van der Waals surface area contributed by atoms with E-state index in [1.54, 1.807) is 13.2 Å². The first-order valence-corrected chi connectivity index (χ1v) is 21.8. The number of ether oxygens (including phenoxy) is 3. The van der Waals surface area contributed by atoms with Crippen LogP contribution in [0.5, 0.6) is 17.6 Å². The first-order chi connectivity index (χ1) is 30.1. The van der Waals surface area contributed by atoms with Crippen LogP contribution >= 0.6 is 23.2 Å². The third kappa shape index (κ3) is 8.55. The van der Waals surface area contributed by atoms with E-state index >= 15 is 0 Å². The highest BCUT2D eigenvalue weighted by atomic mass is 35.5. The van der Waals surface area contributed by atoms with Gasteiger partial charge in [-0.05, 0) is 79.8 Å². The van der Waals surface area contributed by atoms with Gasteiger partial charge in [0.05, 0.1) is 29.4 Å². The van der Waals surface area contributed by atoms with Crippen molar-refractivity contribution in [3.8, 4) is 40.0 Å². The summed E-state index contributed by atoms with van der Waals surface area (Å²) in [6, 6.07) is 19.5. The fraction of sp³-hybridized carbons (Fsp3) is 0.383. The molecule has 2 aromatic carbocycles. The van der Waals surface area contributed by atoms with Crippen LogP contribution in [0.3, 0.4) is 0 Å². The Labute approximate surface area is 369 Å². The number of carboxylic acids is 1. The minimum Gasteiger partial charge on any atom is -0.481 e. The highest BCUT2D eigenvalue weighted by molar-refractivity contribution is 6.36. The SMILES string of the molecule is COc1nc(-c2cccc(-c3cccc4c3CC[C@@H]4Oc3nc(OCc4cncc(F)c4)c(CN4CC5(C(=O)O)CCC4CC5)cc3Cl)c2Cl)ccc1CNC[C@@H]1CCC(=O)N1. The molecule has 15 heteroatoms. The molecule has 0 unspecified atom stereocenters. The quantitative estimate of drug-likeness (QED) is 0.0930. The Morgan fingerprint density at radius 1 is 0.952 bits per heavy atom. The van der Waals surface area contributed by atoms with Crippen molar-refractivity contribution in [3.63, 3.8) is 0 Å². The van der Waals surface area contributed by atoms with Gasteiger partial charge in [-0.3, -0.25) is 19.5 Å². The fourth-order valence-corrected chi connectivity index (χ4v) is 10.1. The molecule has 3 aromatic heterocycles. The third-order valence-corrected chi connectivity index (χ3v) is 13.5. The maximum absolute atomic E-state index is 14.1. The largest absolute Gasteiger partial charge is 0.481 e. The normalized spacial score (nSPS) is 21.7. The summed E-state index contributed by atoms with van der Waals surface area (Å²) in [5.41, 5.74) is 6.76. The van der Waals surface area contributed by atoms with Crippen molar-refractivity contribution in [3.05, 3.63) is 117 Å². The number of aliphatic carboxylic acids is 1. The summed E-state index contributed by atoms with van der Waals surface area (Å²) in [6.07, 6.45) is 8.02. The second-order valence-corrected chi connectivity index (χ2v) is 17.5. The number of halogens is 3.